The molecule has 1 amide bonds. The van der Waals surface area contributed by atoms with Gasteiger partial charge in [-0.25, -0.2) is 5.43 Å². The average Bonchev–Trinajstić information content (AvgIpc) is 2.78. The second-order valence-electron chi connectivity index (χ2n) is 7.49. The molecular formula is C26H28N2O4. The van der Waals surface area contributed by atoms with Gasteiger partial charge in [-0.2, -0.15) is 5.10 Å². The number of amides is 1. The van der Waals surface area contributed by atoms with Gasteiger partial charge >= 0.3 is 0 Å². The summed E-state index contributed by atoms with van der Waals surface area (Å²) in [5.41, 5.74) is 7.50. The highest BCUT2D eigenvalue weighted by atomic mass is 16.5. The fraction of sp³-hybridized carbons (Fsp3) is 0.231. The third kappa shape index (κ3) is 6.35. The van der Waals surface area contributed by atoms with Crippen LogP contribution in [0.1, 0.15) is 27.8 Å². The van der Waals surface area contributed by atoms with E-state index in [4.69, 9.17) is 14.2 Å². The summed E-state index contributed by atoms with van der Waals surface area (Å²) < 4.78 is 17.0. The first-order chi connectivity index (χ1) is 15.5. The Balaban J connectivity index is 1.53. The number of ether oxygens (including phenoxy) is 3. The molecule has 0 unspecified atom stereocenters. The molecule has 0 aromatic heterocycles. The summed E-state index contributed by atoms with van der Waals surface area (Å²) in [5, 5.41) is 4.00. The van der Waals surface area contributed by atoms with Crippen molar-refractivity contribution in [2.45, 2.75) is 27.4 Å². The number of hydrogen-bond donors (Lipinski definition) is 1. The van der Waals surface area contributed by atoms with E-state index < -0.39 is 0 Å². The second kappa shape index (κ2) is 11.0. The summed E-state index contributed by atoms with van der Waals surface area (Å²) in [6, 6.07) is 19.5. The summed E-state index contributed by atoms with van der Waals surface area (Å²) >= 11 is 0. The molecule has 3 aromatic carbocycles. The highest BCUT2D eigenvalue weighted by Crippen LogP contribution is 2.28. The van der Waals surface area contributed by atoms with Gasteiger partial charge in [0, 0.05) is 0 Å². The monoisotopic (exact) mass is 432 g/mol. The SMILES string of the molecule is COc1cc(/C=N/NC(=O)COc2c(C)cccc2C)ccc1OCc1ccc(C)cc1. The maximum atomic E-state index is 12.1. The van der Waals surface area contributed by atoms with Gasteiger partial charge in [-0.1, -0.05) is 48.0 Å². The molecule has 32 heavy (non-hydrogen) atoms. The molecule has 0 atom stereocenters. The van der Waals surface area contributed by atoms with E-state index in [-0.39, 0.29) is 12.5 Å². The van der Waals surface area contributed by atoms with Gasteiger partial charge in [0.1, 0.15) is 12.4 Å². The number of nitrogens with zero attached hydrogens (tertiary/aromatic N) is 1. The molecule has 0 radical (unpaired) electrons. The molecule has 0 saturated heterocycles. The number of benzene rings is 3. The molecule has 166 valence electrons. The van der Waals surface area contributed by atoms with E-state index in [2.05, 4.69) is 29.6 Å². The van der Waals surface area contributed by atoms with Gasteiger partial charge in [0.05, 0.1) is 13.3 Å². The van der Waals surface area contributed by atoms with E-state index in [0.29, 0.717) is 18.1 Å². The Kier molecular flexibility index (Phi) is 7.86. The van der Waals surface area contributed by atoms with Gasteiger partial charge in [-0.15, -0.1) is 0 Å². The quantitative estimate of drug-likeness (QED) is 0.392. The Bertz CT molecular complexity index is 1070. The second-order valence-corrected chi connectivity index (χ2v) is 7.49. The standard InChI is InChI=1S/C26H28N2O4/c1-18-8-10-21(11-9-18)16-31-23-13-12-22(14-24(23)30-4)15-27-28-25(29)17-32-26-19(2)6-5-7-20(26)3/h5-15H,16-17H2,1-4H3,(H,28,29)/b27-15+. The molecule has 6 heteroatoms. The highest BCUT2D eigenvalue weighted by molar-refractivity contribution is 5.83. The van der Waals surface area contributed by atoms with E-state index in [1.165, 1.54) is 5.56 Å². The third-order valence-corrected chi connectivity index (χ3v) is 4.86. The first-order valence-corrected chi connectivity index (χ1v) is 10.3. The number of nitrogens with one attached hydrogen (secondary N) is 1. The Hall–Kier alpha value is -3.80. The minimum absolute atomic E-state index is 0.113. The lowest BCUT2D eigenvalue weighted by molar-refractivity contribution is -0.123. The molecule has 0 aliphatic heterocycles. The Morgan fingerprint density at radius 3 is 2.34 bits per heavy atom. The molecule has 0 heterocycles. The zero-order valence-electron chi connectivity index (χ0n) is 18.8. The number of carbonyl (C=O) groups excluding carboxylic acids is 1. The summed E-state index contributed by atoms with van der Waals surface area (Å²) in [6.07, 6.45) is 1.54. The molecule has 6 nitrogen and oxygen atoms in total. The zero-order valence-corrected chi connectivity index (χ0v) is 18.8. The maximum Gasteiger partial charge on any atom is 0.277 e. The summed E-state index contributed by atoms with van der Waals surface area (Å²) in [4.78, 5) is 12.1. The number of aryl methyl sites for hydroxylation is 3. The number of rotatable bonds is 9. The van der Waals surface area contributed by atoms with E-state index in [1.54, 1.807) is 19.4 Å². The van der Waals surface area contributed by atoms with Gasteiger partial charge in [0.15, 0.2) is 18.1 Å². The van der Waals surface area contributed by atoms with Crippen molar-refractivity contribution < 1.29 is 19.0 Å². The Morgan fingerprint density at radius 1 is 0.938 bits per heavy atom. The zero-order chi connectivity index (χ0) is 22.9. The van der Waals surface area contributed by atoms with Crippen molar-refractivity contribution in [2.75, 3.05) is 13.7 Å². The molecule has 3 aromatic rings. The maximum absolute atomic E-state index is 12.1. The van der Waals surface area contributed by atoms with E-state index in [0.717, 1.165) is 28.0 Å². The highest BCUT2D eigenvalue weighted by Gasteiger charge is 2.08. The molecule has 0 aliphatic rings. The van der Waals surface area contributed by atoms with Gasteiger partial charge in [-0.05, 0) is 61.2 Å². The largest absolute Gasteiger partial charge is 0.493 e. The predicted octanol–water partition coefficient (Wildman–Crippen LogP) is 4.73. The van der Waals surface area contributed by atoms with Crippen LogP contribution in [0.4, 0.5) is 0 Å². The van der Waals surface area contributed by atoms with Crippen LogP contribution in [0, 0.1) is 20.8 Å². The normalized spacial score (nSPS) is 10.8. The number of methoxy groups -OCH3 is 1. The molecule has 0 fully saturated rings. The number of hydrogen-bond acceptors (Lipinski definition) is 5. The lowest BCUT2D eigenvalue weighted by Crippen LogP contribution is -2.25. The van der Waals surface area contributed by atoms with Crippen LogP contribution in [0.25, 0.3) is 0 Å². The summed E-state index contributed by atoms with van der Waals surface area (Å²) in [5.74, 6) is 1.61. The molecule has 0 saturated carbocycles. The van der Waals surface area contributed by atoms with Crippen LogP contribution in [0.15, 0.2) is 65.8 Å². The van der Waals surface area contributed by atoms with Gasteiger partial charge < -0.3 is 14.2 Å². The van der Waals surface area contributed by atoms with E-state index in [1.807, 2.05) is 56.3 Å². The van der Waals surface area contributed by atoms with Crippen LogP contribution < -0.4 is 19.6 Å². The summed E-state index contributed by atoms with van der Waals surface area (Å²) in [7, 11) is 1.58. The fourth-order valence-electron chi connectivity index (χ4n) is 3.10. The lowest BCUT2D eigenvalue weighted by Gasteiger charge is -2.12. The van der Waals surface area contributed by atoms with Crippen LogP contribution >= 0.6 is 0 Å². The van der Waals surface area contributed by atoms with Crippen LogP contribution in [0.5, 0.6) is 17.2 Å². The van der Waals surface area contributed by atoms with Crippen molar-refractivity contribution in [1.82, 2.24) is 5.43 Å². The first-order valence-electron chi connectivity index (χ1n) is 10.3. The average molecular weight is 433 g/mol. The molecule has 1 N–H and O–H groups in total. The minimum Gasteiger partial charge on any atom is -0.493 e. The van der Waals surface area contributed by atoms with Gasteiger partial charge in [0.25, 0.3) is 5.91 Å². The van der Waals surface area contributed by atoms with Crippen molar-refractivity contribution in [3.8, 4) is 17.2 Å². The number of hydrazone groups is 1. The Morgan fingerprint density at radius 2 is 1.66 bits per heavy atom. The lowest BCUT2D eigenvalue weighted by atomic mass is 10.1. The molecule has 0 aliphatic carbocycles. The third-order valence-electron chi connectivity index (χ3n) is 4.86. The van der Waals surface area contributed by atoms with Crippen molar-refractivity contribution in [3.05, 3.63) is 88.5 Å². The summed E-state index contributed by atoms with van der Waals surface area (Å²) in [6.45, 7) is 6.27. The van der Waals surface area contributed by atoms with Crippen molar-refractivity contribution >= 4 is 12.1 Å². The topological polar surface area (TPSA) is 69.2 Å². The number of para-hydroxylation sites is 1. The first kappa shape index (κ1) is 22.9. The minimum atomic E-state index is -0.339. The van der Waals surface area contributed by atoms with Crippen LogP contribution in [-0.4, -0.2) is 25.8 Å². The molecule has 0 spiro atoms. The molecular weight excluding hydrogens is 404 g/mol. The van der Waals surface area contributed by atoms with Crippen molar-refractivity contribution in [3.63, 3.8) is 0 Å². The van der Waals surface area contributed by atoms with Gasteiger partial charge in [-0.3, -0.25) is 4.79 Å². The predicted molar refractivity (Wildman–Crippen MR) is 126 cm³/mol. The smallest absolute Gasteiger partial charge is 0.277 e. The van der Waals surface area contributed by atoms with Gasteiger partial charge in [0.2, 0.25) is 0 Å². The molecule has 3 rings (SSSR count). The van der Waals surface area contributed by atoms with Crippen LogP contribution in [0.2, 0.25) is 0 Å². The number of carbonyl (C=O) groups is 1. The Labute approximate surface area is 188 Å². The van der Waals surface area contributed by atoms with Crippen molar-refractivity contribution in [2.24, 2.45) is 5.10 Å². The fourth-order valence-corrected chi connectivity index (χ4v) is 3.10. The van der Waals surface area contributed by atoms with Crippen LogP contribution in [0.3, 0.4) is 0 Å². The van der Waals surface area contributed by atoms with Crippen molar-refractivity contribution in [1.29, 1.82) is 0 Å². The molecule has 0 bridgehead atoms. The van der Waals surface area contributed by atoms with E-state index >= 15 is 0 Å². The van der Waals surface area contributed by atoms with Crippen LogP contribution in [-0.2, 0) is 11.4 Å². The van der Waals surface area contributed by atoms with E-state index in [9.17, 15) is 4.79 Å².